The summed E-state index contributed by atoms with van der Waals surface area (Å²) in [6.07, 6.45) is 3.75. The van der Waals surface area contributed by atoms with E-state index in [0.29, 0.717) is 25.6 Å². The molecule has 3 N–H and O–H groups in total. The number of nitrogens with two attached hydrogens (primary N) is 1. The van der Waals surface area contributed by atoms with Crippen molar-refractivity contribution in [2.75, 3.05) is 19.6 Å². The average Bonchev–Trinajstić information content (AvgIpc) is 3.01. The number of piperidine rings is 1. The van der Waals surface area contributed by atoms with Crippen LogP contribution in [0.4, 0.5) is 0 Å². The van der Waals surface area contributed by atoms with Gasteiger partial charge in [-0.1, -0.05) is 0 Å². The molecule has 0 bridgehead atoms. The van der Waals surface area contributed by atoms with E-state index in [-0.39, 0.29) is 6.04 Å². The van der Waals surface area contributed by atoms with Crippen LogP contribution in [0, 0.1) is 5.92 Å². The minimum atomic E-state index is -3.21. The summed E-state index contributed by atoms with van der Waals surface area (Å²) in [5.41, 5.74) is 5.56. The van der Waals surface area contributed by atoms with Crippen molar-refractivity contribution in [3.05, 3.63) is 0 Å². The van der Waals surface area contributed by atoms with E-state index in [2.05, 4.69) is 4.72 Å². The van der Waals surface area contributed by atoms with Crippen molar-refractivity contribution < 1.29 is 8.42 Å². The monoisotopic (exact) mass is 233 g/mol. The van der Waals surface area contributed by atoms with Gasteiger partial charge in [0.15, 0.2) is 0 Å². The Balaban J connectivity index is 1.88. The molecule has 0 amide bonds. The highest BCUT2D eigenvalue weighted by atomic mass is 32.2. The van der Waals surface area contributed by atoms with Gasteiger partial charge in [-0.2, -0.15) is 17.4 Å². The van der Waals surface area contributed by atoms with Gasteiger partial charge in [0.05, 0.1) is 0 Å². The van der Waals surface area contributed by atoms with E-state index in [4.69, 9.17) is 5.73 Å². The first-order chi connectivity index (χ1) is 7.12. The van der Waals surface area contributed by atoms with Crippen molar-refractivity contribution >= 4 is 10.2 Å². The van der Waals surface area contributed by atoms with E-state index in [1.807, 2.05) is 0 Å². The van der Waals surface area contributed by atoms with Gasteiger partial charge < -0.3 is 5.73 Å². The molecule has 2 aliphatic rings. The van der Waals surface area contributed by atoms with Crippen LogP contribution < -0.4 is 10.5 Å². The third-order valence-corrected chi connectivity index (χ3v) is 4.82. The molecule has 6 heteroatoms. The van der Waals surface area contributed by atoms with Gasteiger partial charge in [-0.3, -0.25) is 0 Å². The van der Waals surface area contributed by atoms with Gasteiger partial charge in [0.1, 0.15) is 0 Å². The SMILES string of the molecule is NCC1CCN(S(=O)(=O)NC2CC2)CC1. The van der Waals surface area contributed by atoms with Crippen molar-refractivity contribution in [1.29, 1.82) is 0 Å². The molecule has 88 valence electrons. The fourth-order valence-electron chi connectivity index (χ4n) is 1.87. The number of nitrogens with zero attached hydrogens (tertiary/aromatic N) is 1. The summed E-state index contributed by atoms with van der Waals surface area (Å²) in [4.78, 5) is 0. The molecule has 15 heavy (non-hydrogen) atoms. The molecule has 0 spiro atoms. The van der Waals surface area contributed by atoms with E-state index in [0.717, 1.165) is 25.7 Å². The molecule has 1 aliphatic carbocycles. The van der Waals surface area contributed by atoms with E-state index in [1.54, 1.807) is 4.31 Å². The normalized spacial score (nSPS) is 25.7. The predicted molar refractivity (Wildman–Crippen MR) is 58.4 cm³/mol. The highest BCUT2D eigenvalue weighted by Gasteiger charge is 2.32. The fraction of sp³-hybridized carbons (Fsp3) is 1.00. The van der Waals surface area contributed by atoms with Crippen molar-refractivity contribution in [2.45, 2.75) is 31.7 Å². The second-order valence-electron chi connectivity index (χ2n) is 4.48. The van der Waals surface area contributed by atoms with E-state index < -0.39 is 10.2 Å². The lowest BCUT2D eigenvalue weighted by molar-refractivity contribution is 0.275. The van der Waals surface area contributed by atoms with Crippen LogP contribution in [0.2, 0.25) is 0 Å². The van der Waals surface area contributed by atoms with Gasteiger partial charge in [-0.25, -0.2) is 0 Å². The Bertz CT molecular complexity index is 305. The maximum atomic E-state index is 11.8. The molecule has 1 saturated heterocycles. The molecule has 0 aromatic carbocycles. The number of rotatable bonds is 4. The first-order valence-corrected chi connectivity index (χ1v) is 7.03. The topological polar surface area (TPSA) is 75.4 Å². The molecule has 0 unspecified atom stereocenters. The second kappa shape index (κ2) is 4.37. The Morgan fingerprint density at radius 3 is 2.27 bits per heavy atom. The maximum Gasteiger partial charge on any atom is 0.279 e. The molecule has 2 rings (SSSR count). The highest BCUT2D eigenvalue weighted by molar-refractivity contribution is 7.87. The minimum Gasteiger partial charge on any atom is -0.330 e. The van der Waals surface area contributed by atoms with Gasteiger partial charge in [-0.05, 0) is 38.1 Å². The Morgan fingerprint density at radius 2 is 1.80 bits per heavy atom. The summed E-state index contributed by atoms with van der Waals surface area (Å²) in [7, 11) is -3.21. The van der Waals surface area contributed by atoms with Gasteiger partial charge in [0.2, 0.25) is 0 Å². The summed E-state index contributed by atoms with van der Waals surface area (Å²) in [6.45, 7) is 1.90. The number of hydrogen-bond donors (Lipinski definition) is 2. The van der Waals surface area contributed by atoms with Crippen molar-refractivity contribution in [3.8, 4) is 0 Å². The van der Waals surface area contributed by atoms with Crippen LogP contribution in [0.5, 0.6) is 0 Å². The van der Waals surface area contributed by atoms with Crippen molar-refractivity contribution in [2.24, 2.45) is 11.7 Å². The zero-order chi connectivity index (χ0) is 10.9. The Hall–Kier alpha value is -0.170. The van der Waals surface area contributed by atoms with Gasteiger partial charge in [0.25, 0.3) is 10.2 Å². The molecule has 1 heterocycles. The van der Waals surface area contributed by atoms with Crippen LogP contribution in [-0.4, -0.2) is 38.4 Å². The fourth-order valence-corrected chi connectivity index (χ4v) is 3.37. The summed E-state index contributed by atoms with van der Waals surface area (Å²) < 4.78 is 27.9. The van der Waals surface area contributed by atoms with Crippen LogP contribution >= 0.6 is 0 Å². The lowest BCUT2D eigenvalue weighted by atomic mass is 9.99. The number of hydrogen-bond acceptors (Lipinski definition) is 3. The van der Waals surface area contributed by atoms with Crippen molar-refractivity contribution in [1.82, 2.24) is 9.03 Å². The molecular formula is C9H19N3O2S. The minimum absolute atomic E-state index is 0.197. The molecule has 0 aromatic rings. The third-order valence-electron chi connectivity index (χ3n) is 3.14. The lowest BCUT2D eigenvalue weighted by Gasteiger charge is -2.30. The Morgan fingerprint density at radius 1 is 1.20 bits per heavy atom. The standard InChI is InChI=1S/C9H19N3O2S/c10-7-8-3-5-12(6-4-8)15(13,14)11-9-1-2-9/h8-9,11H,1-7,10H2. The van der Waals surface area contributed by atoms with Crippen LogP contribution in [0.3, 0.4) is 0 Å². The van der Waals surface area contributed by atoms with E-state index in [9.17, 15) is 8.42 Å². The summed E-state index contributed by atoms with van der Waals surface area (Å²) in [5, 5.41) is 0. The molecule has 1 saturated carbocycles. The van der Waals surface area contributed by atoms with Crippen LogP contribution in [0.15, 0.2) is 0 Å². The summed E-state index contributed by atoms with van der Waals surface area (Å²) in [5.74, 6) is 0.498. The lowest BCUT2D eigenvalue weighted by Crippen LogP contribution is -2.46. The predicted octanol–water partition coefficient (Wildman–Crippen LogP) is -0.346. The molecular weight excluding hydrogens is 214 g/mol. The van der Waals surface area contributed by atoms with Gasteiger partial charge >= 0.3 is 0 Å². The molecule has 1 aliphatic heterocycles. The molecule has 2 fully saturated rings. The Kier molecular flexibility index (Phi) is 3.30. The van der Waals surface area contributed by atoms with Crippen LogP contribution in [-0.2, 0) is 10.2 Å². The first-order valence-electron chi connectivity index (χ1n) is 5.59. The van der Waals surface area contributed by atoms with Gasteiger partial charge in [0, 0.05) is 19.1 Å². The second-order valence-corrected chi connectivity index (χ2v) is 6.18. The average molecular weight is 233 g/mol. The third kappa shape index (κ3) is 2.90. The zero-order valence-corrected chi connectivity index (χ0v) is 9.67. The summed E-state index contributed by atoms with van der Waals surface area (Å²) in [6, 6.07) is 0.197. The smallest absolute Gasteiger partial charge is 0.279 e. The van der Waals surface area contributed by atoms with E-state index in [1.165, 1.54) is 0 Å². The largest absolute Gasteiger partial charge is 0.330 e. The highest BCUT2D eigenvalue weighted by Crippen LogP contribution is 2.23. The molecule has 0 aromatic heterocycles. The number of nitrogens with one attached hydrogen (secondary N) is 1. The quantitative estimate of drug-likeness (QED) is 0.697. The van der Waals surface area contributed by atoms with Crippen LogP contribution in [0.25, 0.3) is 0 Å². The molecule has 5 nitrogen and oxygen atoms in total. The van der Waals surface area contributed by atoms with E-state index >= 15 is 0 Å². The van der Waals surface area contributed by atoms with Gasteiger partial charge in [-0.15, -0.1) is 0 Å². The Labute approximate surface area is 91.2 Å². The molecule has 0 radical (unpaired) electrons. The maximum absolute atomic E-state index is 11.8. The zero-order valence-electron chi connectivity index (χ0n) is 8.85. The van der Waals surface area contributed by atoms with Crippen LogP contribution in [0.1, 0.15) is 25.7 Å². The summed E-state index contributed by atoms with van der Waals surface area (Å²) >= 11 is 0. The van der Waals surface area contributed by atoms with Crippen molar-refractivity contribution in [3.63, 3.8) is 0 Å². The first kappa shape index (κ1) is 11.3. The molecule has 0 atom stereocenters.